The second-order valence-corrected chi connectivity index (χ2v) is 5.13. The molecule has 2 aromatic rings. The number of carbonyl (C=O) groups is 2. The van der Waals surface area contributed by atoms with Crippen molar-refractivity contribution in [3.05, 3.63) is 65.0 Å². The molecule has 120 valence electrons. The van der Waals surface area contributed by atoms with Gasteiger partial charge in [-0.25, -0.2) is 9.18 Å². The summed E-state index contributed by atoms with van der Waals surface area (Å²) in [4.78, 5) is 23.7. The van der Waals surface area contributed by atoms with E-state index in [1.54, 1.807) is 25.1 Å². The third-order valence-corrected chi connectivity index (χ3v) is 3.41. The first-order chi connectivity index (χ1) is 11.0. The van der Waals surface area contributed by atoms with E-state index in [9.17, 15) is 14.0 Å². The summed E-state index contributed by atoms with van der Waals surface area (Å²) in [6.07, 6.45) is 0.880. The zero-order chi connectivity index (χ0) is 16.8. The van der Waals surface area contributed by atoms with Crippen LogP contribution in [0, 0.1) is 12.7 Å². The lowest BCUT2D eigenvalue weighted by molar-refractivity contribution is -0.119. The van der Waals surface area contributed by atoms with Crippen molar-refractivity contribution in [1.82, 2.24) is 0 Å². The molecule has 0 aliphatic heterocycles. The topological polar surface area (TPSA) is 55.4 Å². The predicted octanol–water partition coefficient (Wildman–Crippen LogP) is 3.49. The molecular formula is C18H18FNO3. The van der Waals surface area contributed by atoms with Gasteiger partial charge in [-0.15, -0.1) is 0 Å². The van der Waals surface area contributed by atoms with Crippen LogP contribution in [0.3, 0.4) is 0 Å². The monoisotopic (exact) mass is 315 g/mol. The van der Waals surface area contributed by atoms with Crippen LogP contribution in [0.5, 0.6) is 0 Å². The molecule has 2 aromatic carbocycles. The highest BCUT2D eigenvalue weighted by molar-refractivity contribution is 5.95. The molecular weight excluding hydrogens is 297 g/mol. The summed E-state index contributed by atoms with van der Waals surface area (Å²) < 4.78 is 18.1. The molecule has 0 aromatic heterocycles. The highest BCUT2D eigenvalue weighted by atomic mass is 19.1. The Bertz CT molecular complexity index is 711. The van der Waals surface area contributed by atoms with Crippen LogP contribution in [0.25, 0.3) is 0 Å². The van der Waals surface area contributed by atoms with E-state index < -0.39 is 24.3 Å². The number of ether oxygens (including phenoxy) is 1. The van der Waals surface area contributed by atoms with Gasteiger partial charge in [-0.1, -0.05) is 25.1 Å². The van der Waals surface area contributed by atoms with Crippen molar-refractivity contribution in [1.29, 1.82) is 0 Å². The fourth-order valence-electron chi connectivity index (χ4n) is 2.01. The third-order valence-electron chi connectivity index (χ3n) is 3.41. The van der Waals surface area contributed by atoms with Crippen LogP contribution in [0.4, 0.5) is 10.1 Å². The van der Waals surface area contributed by atoms with Crippen LogP contribution in [0.15, 0.2) is 42.5 Å². The van der Waals surface area contributed by atoms with E-state index in [1.807, 2.05) is 19.1 Å². The smallest absolute Gasteiger partial charge is 0.338 e. The van der Waals surface area contributed by atoms with Gasteiger partial charge in [0, 0.05) is 5.69 Å². The Labute approximate surface area is 134 Å². The Hall–Kier alpha value is -2.69. The van der Waals surface area contributed by atoms with Crippen molar-refractivity contribution in [3.63, 3.8) is 0 Å². The molecule has 2 rings (SSSR count). The van der Waals surface area contributed by atoms with E-state index in [4.69, 9.17) is 4.74 Å². The first kappa shape index (κ1) is 16.7. The number of aryl methyl sites for hydroxylation is 2. The lowest BCUT2D eigenvalue weighted by Gasteiger charge is -2.09. The standard InChI is InChI=1S/C18H18FNO3/c1-3-13-5-7-14(8-6-13)18(22)23-11-17(21)20-16-10-15(19)9-4-12(16)2/h4-10H,3,11H2,1-2H3,(H,20,21). The molecule has 1 amide bonds. The van der Waals surface area contributed by atoms with Gasteiger partial charge >= 0.3 is 5.97 Å². The third kappa shape index (κ3) is 4.64. The largest absolute Gasteiger partial charge is 0.452 e. The van der Waals surface area contributed by atoms with Crippen LogP contribution in [-0.2, 0) is 16.0 Å². The average Bonchev–Trinajstić information content (AvgIpc) is 2.56. The van der Waals surface area contributed by atoms with E-state index in [-0.39, 0.29) is 0 Å². The SMILES string of the molecule is CCc1ccc(C(=O)OCC(=O)Nc2cc(F)ccc2C)cc1. The number of halogens is 1. The molecule has 0 radical (unpaired) electrons. The van der Waals surface area contributed by atoms with E-state index in [2.05, 4.69) is 5.32 Å². The molecule has 0 unspecified atom stereocenters. The van der Waals surface area contributed by atoms with Crippen LogP contribution < -0.4 is 5.32 Å². The summed E-state index contributed by atoms with van der Waals surface area (Å²) in [5.41, 5.74) is 2.58. The second kappa shape index (κ2) is 7.54. The Kier molecular flexibility index (Phi) is 5.46. The summed E-state index contributed by atoms with van der Waals surface area (Å²) in [7, 11) is 0. The summed E-state index contributed by atoms with van der Waals surface area (Å²) in [5.74, 6) is -1.53. The van der Waals surface area contributed by atoms with Crippen molar-refractivity contribution >= 4 is 17.6 Å². The number of benzene rings is 2. The molecule has 4 nitrogen and oxygen atoms in total. The lowest BCUT2D eigenvalue weighted by Crippen LogP contribution is -2.21. The molecule has 0 aliphatic rings. The maximum Gasteiger partial charge on any atom is 0.338 e. The summed E-state index contributed by atoms with van der Waals surface area (Å²) in [5, 5.41) is 2.52. The average molecular weight is 315 g/mol. The van der Waals surface area contributed by atoms with Crippen molar-refractivity contribution in [3.8, 4) is 0 Å². The lowest BCUT2D eigenvalue weighted by atomic mass is 10.1. The van der Waals surface area contributed by atoms with Crippen LogP contribution in [0.2, 0.25) is 0 Å². The minimum Gasteiger partial charge on any atom is -0.452 e. The van der Waals surface area contributed by atoms with E-state index in [1.165, 1.54) is 12.1 Å². The Morgan fingerprint density at radius 2 is 1.83 bits per heavy atom. The first-order valence-corrected chi connectivity index (χ1v) is 7.31. The minimum absolute atomic E-state index is 0.360. The quantitative estimate of drug-likeness (QED) is 0.859. The van der Waals surface area contributed by atoms with Crippen molar-refractivity contribution < 1.29 is 18.7 Å². The molecule has 0 saturated carbocycles. The van der Waals surface area contributed by atoms with Gasteiger partial charge in [0.25, 0.3) is 5.91 Å². The number of anilines is 1. The Balaban J connectivity index is 1.90. The van der Waals surface area contributed by atoms with Gasteiger partial charge in [0.15, 0.2) is 6.61 Å². The Morgan fingerprint density at radius 3 is 2.48 bits per heavy atom. The van der Waals surface area contributed by atoms with Gasteiger partial charge in [-0.05, 0) is 48.7 Å². The van der Waals surface area contributed by atoms with Gasteiger partial charge in [0.05, 0.1) is 5.56 Å². The number of nitrogens with one attached hydrogen (secondary N) is 1. The van der Waals surface area contributed by atoms with Crippen LogP contribution in [0.1, 0.15) is 28.4 Å². The number of amides is 1. The zero-order valence-electron chi connectivity index (χ0n) is 13.1. The molecule has 0 aliphatic carbocycles. The van der Waals surface area contributed by atoms with Crippen molar-refractivity contribution in [2.24, 2.45) is 0 Å². The van der Waals surface area contributed by atoms with E-state index in [0.717, 1.165) is 17.5 Å². The van der Waals surface area contributed by atoms with Crippen LogP contribution in [-0.4, -0.2) is 18.5 Å². The van der Waals surface area contributed by atoms with E-state index >= 15 is 0 Å². The summed E-state index contributed by atoms with van der Waals surface area (Å²) in [6.45, 7) is 3.34. The molecule has 1 N–H and O–H groups in total. The molecule has 23 heavy (non-hydrogen) atoms. The number of hydrogen-bond donors (Lipinski definition) is 1. The van der Waals surface area contributed by atoms with Crippen molar-refractivity contribution in [2.75, 3.05) is 11.9 Å². The van der Waals surface area contributed by atoms with Gasteiger partial charge in [0.1, 0.15) is 5.82 Å². The minimum atomic E-state index is -0.571. The fourth-order valence-corrected chi connectivity index (χ4v) is 2.01. The predicted molar refractivity (Wildman–Crippen MR) is 85.9 cm³/mol. The summed E-state index contributed by atoms with van der Waals surface area (Å²) in [6, 6.07) is 11.1. The zero-order valence-corrected chi connectivity index (χ0v) is 13.1. The highest BCUT2D eigenvalue weighted by Crippen LogP contribution is 2.15. The summed E-state index contributed by atoms with van der Waals surface area (Å²) >= 11 is 0. The number of hydrogen-bond acceptors (Lipinski definition) is 3. The molecule has 0 atom stereocenters. The molecule has 0 heterocycles. The van der Waals surface area contributed by atoms with Crippen molar-refractivity contribution in [2.45, 2.75) is 20.3 Å². The fraction of sp³-hybridized carbons (Fsp3) is 0.222. The normalized spacial score (nSPS) is 10.2. The molecule has 0 bridgehead atoms. The molecule has 0 spiro atoms. The maximum atomic E-state index is 13.2. The maximum absolute atomic E-state index is 13.2. The second-order valence-electron chi connectivity index (χ2n) is 5.13. The number of esters is 1. The Morgan fingerprint density at radius 1 is 1.13 bits per heavy atom. The van der Waals surface area contributed by atoms with Gasteiger partial charge < -0.3 is 10.1 Å². The first-order valence-electron chi connectivity index (χ1n) is 7.31. The van der Waals surface area contributed by atoms with Gasteiger partial charge in [-0.3, -0.25) is 4.79 Å². The molecule has 0 saturated heterocycles. The van der Waals surface area contributed by atoms with Gasteiger partial charge in [0.2, 0.25) is 0 Å². The van der Waals surface area contributed by atoms with Gasteiger partial charge in [-0.2, -0.15) is 0 Å². The number of carbonyl (C=O) groups excluding carboxylic acids is 2. The molecule has 5 heteroatoms. The molecule has 0 fully saturated rings. The highest BCUT2D eigenvalue weighted by Gasteiger charge is 2.11. The number of rotatable bonds is 5. The van der Waals surface area contributed by atoms with E-state index in [0.29, 0.717) is 11.3 Å². The van der Waals surface area contributed by atoms with Crippen LogP contribution >= 0.6 is 0 Å².